The molecule has 0 aliphatic heterocycles. The Morgan fingerprint density at radius 1 is 1.00 bits per heavy atom. The summed E-state index contributed by atoms with van der Waals surface area (Å²) in [6.45, 7) is 4.19. The van der Waals surface area contributed by atoms with Gasteiger partial charge in [0.2, 0.25) is 0 Å². The predicted molar refractivity (Wildman–Crippen MR) is 76.3 cm³/mol. The predicted octanol–water partition coefficient (Wildman–Crippen LogP) is -0.112. The third-order valence-electron chi connectivity index (χ3n) is 3.35. The number of nitriles is 1. The molecule has 0 saturated carbocycles. The Balaban J connectivity index is 0.00000200. The van der Waals surface area contributed by atoms with Crippen LogP contribution in [0.4, 0.5) is 0 Å². The Morgan fingerprint density at radius 3 is 2.25 bits per heavy atom. The first-order valence-electron chi connectivity index (χ1n) is 6.57. The molecule has 2 aromatic carbocycles. The number of halogens is 1. The Kier molecular flexibility index (Phi) is 6.24. The van der Waals surface area contributed by atoms with Crippen LogP contribution in [0.2, 0.25) is 0 Å². The molecule has 0 radical (unpaired) electrons. The Bertz CT molecular complexity index is 575. The van der Waals surface area contributed by atoms with Crippen molar-refractivity contribution in [1.29, 1.82) is 5.26 Å². The lowest BCUT2D eigenvalue weighted by Crippen LogP contribution is -3.00. The second-order valence-electron chi connectivity index (χ2n) is 4.91. The van der Waals surface area contributed by atoms with E-state index in [2.05, 4.69) is 49.5 Å². The van der Waals surface area contributed by atoms with Gasteiger partial charge in [0, 0.05) is 11.1 Å². The van der Waals surface area contributed by atoms with Gasteiger partial charge in [-0.15, -0.1) is 0 Å². The summed E-state index contributed by atoms with van der Waals surface area (Å²) in [5.41, 5.74) is 3.51. The Morgan fingerprint density at radius 2 is 1.65 bits per heavy atom. The summed E-state index contributed by atoms with van der Waals surface area (Å²) in [5, 5.41) is 11.5. The lowest BCUT2D eigenvalue weighted by atomic mass is 10.0. The van der Waals surface area contributed by atoms with E-state index in [0.717, 1.165) is 5.56 Å². The third kappa shape index (κ3) is 4.09. The van der Waals surface area contributed by atoms with Crippen molar-refractivity contribution in [2.75, 3.05) is 0 Å². The average molecular weight is 287 g/mol. The zero-order chi connectivity index (χ0) is 13.7. The summed E-state index contributed by atoms with van der Waals surface area (Å²) >= 11 is 0. The van der Waals surface area contributed by atoms with Crippen LogP contribution < -0.4 is 17.7 Å². The SMILES string of the molecule is Cc1cccc([C@H](C#N)[NH2+][C@H](C)c2ccccc2)c1.[Cl-]. The second-order valence-corrected chi connectivity index (χ2v) is 4.91. The van der Waals surface area contributed by atoms with Gasteiger partial charge in [-0.05, 0) is 19.9 Å². The maximum absolute atomic E-state index is 9.38. The molecule has 0 heterocycles. The number of quaternary nitrogens is 1. The minimum Gasteiger partial charge on any atom is -1.00 e. The van der Waals surface area contributed by atoms with Gasteiger partial charge < -0.3 is 17.7 Å². The van der Waals surface area contributed by atoms with E-state index < -0.39 is 0 Å². The monoisotopic (exact) mass is 286 g/mol. The molecule has 0 bridgehead atoms. The number of aryl methyl sites for hydroxylation is 1. The topological polar surface area (TPSA) is 40.4 Å². The number of benzene rings is 2. The lowest BCUT2D eigenvalue weighted by molar-refractivity contribution is -0.720. The average Bonchev–Trinajstić information content (AvgIpc) is 2.45. The molecule has 2 rings (SSSR count). The first-order chi connectivity index (χ1) is 9.20. The summed E-state index contributed by atoms with van der Waals surface area (Å²) in [6.07, 6.45) is 0. The minimum atomic E-state index is -0.157. The highest BCUT2D eigenvalue weighted by Crippen LogP contribution is 2.13. The lowest BCUT2D eigenvalue weighted by Gasteiger charge is -2.15. The second kappa shape index (κ2) is 7.69. The van der Waals surface area contributed by atoms with Crippen molar-refractivity contribution in [3.63, 3.8) is 0 Å². The molecule has 3 heteroatoms. The van der Waals surface area contributed by atoms with Crippen LogP contribution in [-0.2, 0) is 0 Å². The van der Waals surface area contributed by atoms with E-state index in [-0.39, 0.29) is 24.5 Å². The van der Waals surface area contributed by atoms with Crippen LogP contribution in [0.3, 0.4) is 0 Å². The van der Waals surface area contributed by atoms with Gasteiger partial charge >= 0.3 is 0 Å². The molecule has 20 heavy (non-hydrogen) atoms. The summed E-state index contributed by atoms with van der Waals surface area (Å²) in [5.74, 6) is 0. The highest BCUT2D eigenvalue weighted by Gasteiger charge is 2.18. The molecule has 0 aliphatic rings. The highest BCUT2D eigenvalue weighted by atomic mass is 35.5. The standard InChI is InChI=1S/C17H18N2.ClH/c1-13-7-6-10-16(11-13)17(12-18)19-14(2)15-8-4-3-5-9-15;/h3-11,14,17,19H,1-2H3;1H/t14-,17+;/m1./s1. The van der Waals surface area contributed by atoms with Crippen LogP contribution in [0.5, 0.6) is 0 Å². The quantitative estimate of drug-likeness (QED) is 0.837. The van der Waals surface area contributed by atoms with Crippen LogP contribution in [-0.4, -0.2) is 0 Å². The third-order valence-corrected chi connectivity index (χ3v) is 3.35. The van der Waals surface area contributed by atoms with Crippen LogP contribution in [0.1, 0.15) is 35.7 Å². The molecule has 2 atom stereocenters. The summed E-state index contributed by atoms with van der Waals surface area (Å²) in [7, 11) is 0. The van der Waals surface area contributed by atoms with Crippen LogP contribution in [0.25, 0.3) is 0 Å². The van der Waals surface area contributed by atoms with Gasteiger partial charge in [-0.1, -0.05) is 54.1 Å². The zero-order valence-electron chi connectivity index (χ0n) is 11.8. The molecule has 0 spiro atoms. The fourth-order valence-electron chi connectivity index (χ4n) is 2.25. The summed E-state index contributed by atoms with van der Waals surface area (Å²) in [4.78, 5) is 0. The fourth-order valence-corrected chi connectivity index (χ4v) is 2.25. The van der Waals surface area contributed by atoms with Gasteiger partial charge in [0.1, 0.15) is 12.1 Å². The molecular formula is C17H19ClN2. The van der Waals surface area contributed by atoms with Gasteiger partial charge in [0.25, 0.3) is 0 Å². The maximum Gasteiger partial charge on any atom is 0.199 e. The molecule has 104 valence electrons. The van der Waals surface area contributed by atoms with Crippen molar-refractivity contribution in [3.8, 4) is 6.07 Å². The van der Waals surface area contributed by atoms with E-state index in [1.165, 1.54) is 11.1 Å². The first kappa shape index (κ1) is 16.2. The molecule has 2 N–H and O–H groups in total. The molecule has 0 aromatic heterocycles. The van der Waals surface area contributed by atoms with E-state index in [9.17, 15) is 5.26 Å². The smallest absolute Gasteiger partial charge is 0.199 e. The number of hydrogen-bond acceptors (Lipinski definition) is 1. The first-order valence-corrected chi connectivity index (χ1v) is 6.57. The van der Waals surface area contributed by atoms with Gasteiger partial charge in [0.15, 0.2) is 6.04 Å². The molecule has 0 unspecified atom stereocenters. The number of hydrogen-bond donors (Lipinski definition) is 1. The van der Waals surface area contributed by atoms with E-state index >= 15 is 0 Å². The number of nitrogens with zero attached hydrogens (tertiary/aromatic N) is 1. The number of rotatable bonds is 4. The molecule has 0 amide bonds. The fraction of sp³-hybridized carbons (Fsp3) is 0.235. The van der Waals surface area contributed by atoms with Crippen molar-refractivity contribution in [2.24, 2.45) is 0 Å². The normalized spacial score (nSPS) is 12.8. The zero-order valence-corrected chi connectivity index (χ0v) is 12.5. The molecule has 0 fully saturated rings. The van der Waals surface area contributed by atoms with Crippen LogP contribution in [0.15, 0.2) is 54.6 Å². The molecular weight excluding hydrogens is 268 g/mol. The molecule has 2 aromatic rings. The number of nitrogens with two attached hydrogens (primary N) is 1. The van der Waals surface area contributed by atoms with E-state index in [1.807, 2.05) is 30.3 Å². The van der Waals surface area contributed by atoms with Crippen molar-refractivity contribution in [1.82, 2.24) is 0 Å². The van der Waals surface area contributed by atoms with E-state index in [0.29, 0.717) is 0 Å². The maximum atomic E-state index is 9.38. The van der Waals surface area contributed by atoms with Crippen LogP contribution >= 0.6 is 0 Å². The van der Waals surface area contributed by atoms with Gasteiger partial charge in [-0.25, -0.2) is 0 Å². The molecule has 2 nitrogen and oxygen atoms in total. The van der Waals surface area contributed by atoms with Gasteiger partial charge in [0.05, 0.1) is 0 Å². The Hall–Kier alpha value is -1.82. The van der Waals surface area contributed by atoms with Crippen molar-refractivity contribution in [3.05, 3.63) is 71.3 Å². The summed E-state index contributed by atoms with van der Waals surface area (Å²) < 4.78 is 0. The van der Waals surface area contributed by atoms with Gasteiger partial charge in [-0.2, -0.15) is 5.26 Å². The largest absolute Gasteiger partial charge is 1.00 e. The minimum absolute atomic E-state index is 0. The van der Waals surface area contributed by atoms with Crippen molar-refractivity contribution < 1.29 is 17.7 Å². The summed E-state index contributed by atoms with van der Waals surface area (Å²) in [6, 6.07) is 21.0. The molecule has 0 aliphatic carbocycles. The van der Waals surface area contributed by atoms with E-state index in [1.54, 1.807) is 0 Å². The van der Waals surface area contributed by atoms with E-state index in [4.69, 9.17) is 0 Å². The highest BCUT2D eigenvalue weighted by molar-refractivity contribution is 5.27. The van der Waals surface area contributed by atoms with Gasteiger partial charge in [-0.3, -0.25) is 0 Å². The molecule has 0 saturated heterocycles. The van der Waals surface area contributed by atoms with Crippen LogP contribution in [0, 0.1) is 18.3 Å². The van der Waals surface area contributed by atoms with Crippen molar-refractivity contribution >= 4 is 0 Å². The Labute approximate surface area is 126 Å². The van der Waals surface area contributed by atoms with Crippen molar-refractivity contribution in [2.45, 2.75) is 25.9 Å².